The summed E-state index contributed by atoms with van der Waals surface area (Å²) in [6, 6.07) is 2.32. The van der Waals surface area contributed by atoms with Gasteiger partial charge < -0.3 is 10.4 Å². The molecular weight excluding hydrogens is 307 g/mol. The van der Waals surface area contributed by atoms with Crippen LogP contribution in [0, 0.1) is 16.0 Å². The van der Waals surface area contributed by atoms with Gasteiger partial charge in [-0.15, -0.1) is 0 Å². The average molecular weight is 319 g/mol. The number of amides is 1. The van der Waals surface area contributed by atoms with E-state index in [4.69, 9.17) is 23.2 Å². The Kier molecular flexibility index (Phi) is 4.47. The number of hydrogen-bond donors (Lipinski definition) is 2. The Morgan fingerprint density at radius 2 is 2.15 bits per heavy atom. The van der Waals surface area contributed by atoms with E-state index in [-0.39, 0.29) is 28.1 Å². The van der Waals surface area contributed by atoms with Crippen molar-refractivity contribution in [1.29, 1.82) is 0 Å². The molecule has 1 amide bonds. The van der Waals surface area contributed by atoms with Crippen LogP contribution in [0.15, 0.2) is 12.1 Å². The molecule has 1 aromatic rings. The Balaban J connectivity index is 2.10. The van der Waals surface area contributed by atoms with Crippen molar-refractivity contribution in [3.05, 3.63) is 37.9 Å². The lowest BCUT2D eigenvalue weighted by atomic mass is 10.1. The summed E-state index contributed by atoms with van der Waals surface area (Å²) in [5.41, 5.74) is -0.388. The van der Waals surface area contributed by atoms with Gasteiger partial charge in [-0.3, -0.25) is 14.9 Å². The first-order valence-corrected chi connectivity index (χ1v) is 6.75. The molecule has 2 rings (SSSR count). The lowest BCUT2D eigenvalue weighted by Crippen LogP contribution is -2.33. The van der Waals surface area contributed by atoms with E-state index in [1.807, 2.05) is 0 Å². The Bertz CT molecular complexity index is 561. The molecule has 1 saturated carbocycles. The van der Waals surface area contributed by atoms with E-state index < -0.39 is 22.6 Å². The number of nitrogens with one attached hydrogen (secondary N) is 1. The molecule has 1 aliphatic rings. The number of halogens is 2. The summed E-state index contributed by atoms with van der Waals surface area (Å²) in [7, 11) is 0. The van der Waals surface area contributed by atoms with Gasteiger partial charge in [0.25, 0.3) is 11.6 Å². The van der Waals surface area contributed by atoms with Crippen molar-refractivity contribution >= 4 is 34.8 Å². The smallest absolute Gasteiger partial charge is 0.290 e. The lowest BCUT2D eigenvalue weighted by Gasteiger charge is -2.11. The first kappa shape index (κ1) is 15.0. The minimum absolute atomic E-state index is 0.0362. The van der Waals surface area contributed by atoms with Crippen LogP contribution in [0.25, 0.3) is 0 Å². The van der Waals surface area contributed by atoms with Crippen LogP contribution < -0.4 is 5.32 Å². The summed E-state index contributed by atoms with van der Waals surface area (Å²) in [5, 5.41) is 22.7. The Hall–Kier alpha value is -1.37. The van der Waals surface area contributed by atoms with Gasteiger partial charge >= 0.3 is 0 Å². The highest BCUT2D eigenvalue weighted by atomic mass is 35.5. The fraction of sp³-hybridized carbons (Fsp3) is 0.417. The molecule has 0 saturated heterocycles. The number of hydrogen-bond acceptors (Lipinski definition) is 4. The van der Waals surface area contributed by atoms with E-state index in [2.05, 4.69) is 5.32 Å². The molecule has 6 nitrogen and oxygen atoms in total. The van der Waals surface area contributed by atoms with Crippen LogP contribution in [0.3, 0.4) is 0 Å². The van der Waals surface area contributed by atoms with Crippen LogP contribution in [-0.2, 0) is 0 Å². The number of benzene rings is 1. The van der Waals surface area contributed by atoms with Crippen molar-refractivity contribution in [3.63, 3.8) is 0 Å². The van der Waals surface area contributed by atoms with Gasteiger partial charge in [0.05, 0.1) is 16.0 Å². The number of aliphatic hydroxyl groups is 1. The van der Waals surface area contributed by atoms with E-state index in [1.54, 1.807) is 0 Å². The SMILES string of the molecule is O=C(NCC(O)C1CC1)c1cc(Cl)c(Cl)c([N+](=O)[O-])c1. The van der Waals surface area contributed by atoms with Gasteiger partial charge in [0, 0.05) is 18.2 Å². The number of nitrogens with zero attached hydrogens (tertiary/aromatic N) is 1. The second-order valence-electron chi connectivity index (χ2n) is 4.66. The van der Waals surface area contributed by atoms with E-state index >= 15 is 0 Å². The largest absolute Gasteiger partial charge is 0.391 e. The molecule has 8 heteroatoms. The van der Waals surface area contributed by atoms with Crippen LogP contribution in [0.5, 0.6) is 0 Å². The van der Waals surface area contributed by atoms with Gasteiger partial charge in [-0.25, -0.2) is 0 Å². The van der Waals surface area contributed by atoms with Gasteiger partial charge in [0.1, 0.15) is 5.02 Å². The number of rotatable bonds is 5. The molecule has 1 aromatic carbocycles. The van der Waals surface area contributed by atoms with Crippen molar-refractivity contribution < 1.29 is 14.8 Å². The molecule has 0 radical (unpaired) electrons. The van der Waals surface area contributed by atoms with Crippen molar-refractivity contribution in [3.8, 4) is 0 Å². The Labute approximate surface area is 124 Å². The second kappa shape index (κ2) is 5.95. The van der Waals surface area contributed by atoms with Crippen LogP contribution in [-0.4, -0.2) is 28.6 Å². The van der Waals surface area contributed by atoms with Gasteiger partial charge in [0.15, 0.2) is 0 Å². The van der Waals surface area contributed by atoms with Gasteiger partial charge in [0.2, 0.25) is 0 Å². The molecule has 1 fully saturated rings. The number of carbonyl (C=O) groups is 1. The van der Waals surface area contributed by atoms with E-state index in [9.17, 15) is 20.0 Å². The minimum atomic E-state index is -0.704. The molecule has 0 bridgehead atoms. The third-order valence-corrected chi connectivity index (χ3v) is 3.90. The molecule has 1 unspecified atom stereocenters. The summed E-state index contributed by atoms with van der Waals surface area (Å²) in [5.74, 6) is -0.301. The van der Waals surface area contributed by atoms with E-state index in [1.165, 1.54) is 6.07 Å². The fourth-order valence-corrected chi connectivity index (χ4v) is 2.18. The normalized spacial score (nSPS) is 15.8. The number of nitro benzene ring substituents is 1. The standard InChI is InChI=1S/C12H12Cl2N2O4/c13-8-3-7(4-9(11(8)14)16(19)20)12(18)15-5-10(17)6-1-2-6/h3-4,6,10,17H,1-2,5H2,(H,15,18). The Morgan fingerprint density at radius 3 is 2.70 bits per heavy atom. The number of nitro groups is 1. The number of carbonyl (C=O) groups excluding carboxylic acids is 1. The van der Waals surface area contributed by atoms with Gasteiger partial charge in [-0.2, -0.15) is 0 Å². The van der Waals surface area contributed by atoms with Crippen molar-refractivity contribution in [2.45, 2.75) is 18.9 Å². The monoisotopic (exact) mass is 318 g/mol. The van der Waals surface area contributed by atoms with Crippen LogP contribution in [0.4, 0.5) is 5.69 Å². The van der Waals surface area contributed by atoms with Crippen LogP contribution in [0.2, 0.25) is 10.0 Å². The molecule has 0 aliphatic heterocycles. The molecule has 0 spiro atoms. The fourth-order valence-electron chi connectivity index (χ4n) is 1.79. The molecule has 0 aromatic heterocycles. The van der Waals surface area contributed by atoms with Crippen LogP contribution >= 0.6 is 23.2 Å². The van der Waals surface area contributed by atoms with Crippen molar-refractivity contribution in [2.75, 3.05) is 6.54 Å². The molecule has 20 heavy (non-hydrogen) atoms. The predicted octanol–water partition coefficient (Wildman–Crippen LogP) is 2.40. The average Bonchev–Trinajstić information content (AvgIpc) is 3.22. The lowest BCUT2D eigenvalue weighted by molar-refractivity contribution is -0.384. The third-order valence-electron chi connectivity index (χ3n) is 3.11. The van der Waals surface area contributed by atoms with Crippen LogP contribution in [0.1, 0.15) is 23.2 Å². The zero-order valence-corrected chi connectivity index (χ0v) is 11.8. The highest BCUT2D eigenvalue weighted by Crippen LogP contribution is 2.33. The summed E-state index contributed by atoms with van der Waals surface area (Å²) in [6.45, 7) is 0.109. The van der Waals surface area contributed by atoms with Crippen molar-refractivity contribution in [2.24, 2.45) is 5.92 Å². The topological polar surface area (TPSA) is 92.5 Å². The zero-order valence-electron chi connectivity index (χ0n) is 10.3. The predicted molar refractivity (Wildman–Crippen MR) is 74.2 cm³/mol. The Morgan fingerprint density at radius 1 is 1.50 bits per heavy atom. The maximum Gasteiger partial charge on any atom is 0.290 e. The highest BCUT2D eigenvalue weighted by molar-refractivity contribution is 6.43. The quantitative estimate of drug-likeness (QED) is 0.644. The molecular formula is C12H12Cl2N2O4. The maximum atomic E-state index is 11.9. The van der Waals surface area contributed by atoms with E-state index in [0.29, 0.717) is 0 Å². The third kappa shape index (κ3) is 3.39. The van der Waals surface area contributed by atoms with E-state index in [0.717, 1.165) is 18.9 Å². The second-order valence-corrected chi connectivity index (χ2v) is 5.45. The summed E-state index contributed by atoms with van der Waals surface area (Å²) >= 11 is 11.5. The highest BCUT2D eigenvalue weighted by Gasteiger charge is 2.30. The molecule has 1 atom stereocenters. The summed E-state index contributed by atoms with van der Waals surface area (Å²) in [6.07, 6.45) is 1.32. The van der Waals surface area contributed by atoms with Gasteiger partial charge in [-0.1, -0.05) is 23.2 Å². The first-order valence-electron chi connectivity index (χ1n) is 6.00. The maximum absolute atomic E-state index is 11.9. The number of aliphatic hydroxyl groups excluding tert-OH is 1. The van der Waals surface area contributed by atoms with Gasteiger partial charge in [-0.05, 0) is 24.8 Å². The molecule has 2 N–H and O–H groups in total. The molecule has 0 heterocycles. The summed E-state index contributed by atoms with van der Waals surface area (Å²) in [4.78, 5) is 22.0. The zero-order chi connectivity index (χ0) is 14.9. The molecule has 1 aliphatic carbocycles. The van der Waals surface area contributed by atoms with Crippen molar-refractivity contribution in [1.82, 2.24) is 5.32 Å². The first-order chi connectivity index (χ1) is 9.40. The molecule has 108 valence electrons. The summed E-state index contributed by atoms with van der Waals surface area (Å²) < 4.78 is 0. The minimum Gasteiger partial charge on any atom is -0.391 e.